The Labute approximate surface area is 138 Å². The SMILES string of the molecule is CC1=CC=C2C(C1)C1=C(CCN(C)C1)N2C#Cc1ccccc1. The van der Waals surface area contributed by atoms with Crippen molar-refractivity contribution in [2.75, 3.05) is 20.1 Å². The van der Waals surface area contributed by atoms with E-state index in [0.29, 0.717) is 5.92 Å². The standard InChI is InChI=1S/C21H22N2/c1-16-8-9-20-18(14-16)19-15-22(2)12-11-21(19)23(20)13-10-17-6-4-3-5-7-17/h3-9,18H,11-12,14-15H2,1-2H3. The Hall–Kier alpha value is -2.24. The molecule has 3 aliphatic rings. The van der Waals surface area contributed by atoms with Crippen molar-refractivity contribution in [3.05, 3.63) is 70.6 Å². The summed E-state index contributed by atoms with van der Waals surface area (Å²) in [5.74, 6) is 3.87. The second kappa shape index (κ2) is 5.76. The van der Waals surface area contributed by atoms with Gasteiger partial charge in [0.15, 0.2) is 0 Å². The summed E-state index contributed by atoms with van der Waals surface area (Å²) >= 11 is 0. The third-order valence-electron chi connectivity index (χ3n) is 5.00. The summed E-state index contributed by atoms with van der Waals surface area (Å²) in [6, 6.07) is 13.7. The van der Waals surface area contributed by atoms with Gasteiger partial charge in [0.2, 0.25) is 0 Å². The second-order valence-electron chi connectivity index (χ2n) is 6.76. The van der Waals surface area contributed by atoms with Crippen molar-refractivity contribution in [2.24, 2.45) is 5.92 Å². The van der Waals surface area contributed by atoms with Gasteiger partial charge in [0.05, 0.1) is 0 Å². The third-order valence-corrected chi connectivity index (χ3v) is 5.00. The van der Waals surface area contributed by atoms with Gasteiger partial charge in [0, 0.05) is 48.4 Å². The lowest BCUT2D eigenvalue weighted by Crippen LogP contribution is -2.29. The molecule has 2 nitrogen and oxygen atoms in total. The highest BCUT2D eigenvalue weighted by atomic mass is 15.2. The third kappa shape index (κ3) is 2.62. The normalized spacial score (nSPS) is 23.6. The van der Waals surface area contributed by atoms with E-state index < -0.39 is 0 Å². The maximum absolute atomic E-state index is 3.44. The van der Waals surface area contributed by atoms with Crippen LogP contribution in [0, 0.1) is 17.9 Å². The first-order chi connectivity index (χ1) is 11.2. The molecule has 0 N–H and O–H groups in total. The molecule has 2 aliphatic heterocycles. The molecule has 1 atom stereocenters. The summed E-state index contributed by atoms with van der Waals surface area (Å²) in [4.78, 5) is 4.71. The molecule has 0 saturated heterocycles. The number of allylic oxidation sites excluding steroid dienone is 4. The summed E-state index contributed by atoms with van der Waals surface area (Å²) < 4.78 is 0. The van der Waals surface area contributed by atoms with E-state index in [2.05, 4.69) is 60.0 Å². The first-order valence-corrected chi connectivity index (χ1v) is 8.37. The molecule has 1 aromatic carbocycles. The van der Waals surface area contributed by atoms with Crippen LogP contribution in [-0.2, 0) is 0 Å². The van der Waals surface area contributed by atoms with E-state index in [1.165, 1.54) is 17.0 Å². The first-order valence-electron chi connectivity index (χ1n) is 8.37. The molecule has 2 heterocycles. The van der Waals surface area contributed by atoms with Crippen molar-refractivity contribution in [1.82, 2.24) is 9.80 Å². The molecule has 1 unspecified atom stereocenters. The average molecular weight is 302 g/mol. The van der Waals surface area contributed by atoms with Crippen LogP contribution in [0.15, 0.2) is 65.0 Å². The molecule has 0 amide bonds. The van der Waals surface area contributed by atoms with Gasteiger partial charge in [-0.15, -0.1) is 0 Å². The summed E-state index contributed by atoms with van der Waals surface area (Å²) in [5.41, 5.74) is 6.95. The van der Waals surface area contributed by atoms with E-state index in [0.717, 1.165) is 31.5 Å². The second-order valence-corrected chi connectivity index (χ2v) is 6.76. The predicted molar refractivity (Wildman–Crippen MR) is 94.2 cm³/mol. The van der Waals surface area contributed by atoms with Crippen LogP contribution in [-0.4, -0.2) is 29.9 Å². The molecule has 2 heteroatoms. The smallest absolute Gasteiger partial charge is 0.0392 e. The van der Waals surface area contributed by atoms with Gasteiger partial charge in [0.25, 0.3) is 0 Å². The van der Waals surface area contributed by atoms with Crippen molar-refractivity contribution in [1.29, 1.82) is 0 Å². The van der Waals surface area contributed by atoms with Crippen LogP contribution < -0.4 is 0 Å². The van der Waals surface area contributed by atoms with E-state index in [1.807, 2.05) is 18.2 Å². The topological polar surface area (TPSA) is 6.48 Å². The largest absolute Gasteiger partial charge is 0.302 e. The summed E-state index contributed by atoms with van der Waals surface area (Å²) in [6.07, 6.45) is 6.77. The van der Waals surface area contributed by atoms with Crippen molar-refractivity contribution in [3.63, 3.8) is 0 Å². The number of hydrogen-bond donors (Lipinski definition) is 0. The lowest BCUT2D eigenvalue weighted by atomic mass is 9.86. The van der Waals surface area contributed by atoms with Gasteiger partial charge in [0.1, 0.15) is 0 Å². The van der Waals surface area contributed by atoms with Gasteiger partial charge in [-0.25, -0.2) is 0 Å². The first kappa shape index (κ1) is 14.4. The fourth-order valence-corrected chi connectivity index (χ4v) is 3.79. The molecule has 0 spiro atoms. The molecule has 0 radical (unpaired) electrons. The number of rotatable bonds is 0. The summed E-state index contributed by atoms with van der Waals surface area (Å²) in [7, 11) is 2.22. The van der Waals surface area contributed by atoms with E-state index in [-0.39, 0.29) is 0 Å². The van der Waals surface area contributed by atoms with Crippen molar-refractivity contribution >= 4 is 0 Å². The van der Waals surface area contributed by atoms with Crippen LogP contribution in [0.25, 0.3) is 0 Å². The Balaban J connectivity index is 1.73. The number of likely N-dealkylation sites (N-methyl/N-ethyl adjacent to an activating group) is 1. The van der Waals surface area contributed by atoms with Gasteiger partial charge in [-0.05, 0) is 50.1 Å². The molecule has 0 aromatic heterocycles. The highest BCUT2D eigenvalue weighted by molar-refractivity contribution is 5.47. The molecule has 0 fully saturated rings. The Morgan fingerprint density at radius 3 is 2.78 bits per heavy atom. The van der Waals surface area contributed by atoms with Gasteiger partial charge >= 0.3 is 0 Å². The Bertz CT molecular complexity index is 771. The number of benzene rings is 1. The van der Waals surface area contributed by atoms with Gasteiger partial charge in [-0.3, -0.25) is 4.90 Å². The lowest BCUT2D eigenvalue weighted by molar-refractivity contribution is 0.333. The van der Waals surface area contributed by atoms with Gasteiger partial charge in [-0.1, -0.05) is 29.8 Å². The van der Waals surface area contributed by atoms with Crippen LogP contribution in [0.2, 0.25) is 0 Å². The maximum Gasteiger partial charge on any atom is 0.0392 e. The highest BCUT2D eigenvalue weighted by Crippen LogP contribution is 2.45. The molecular formula is C21H22N2. The molecule has 0 saturated carbocycles. The van der Waals surface area contributed by atoms with Crippen LogP contribution in [0.3, 0.4) is 0 Å². The lowest BCUT2D eigenvalue weighted by Gasteiger charge is -2.26. The fourth-order valence-electron chi connectivity index (χ4n) is 3.79. The molecular weight excluding hydrogens is 280 g/mol. The van der Waals surface area contributed by atoms with Crippen LogP contribution in [0.5, 0.6) is 0 Å². The quantitative estimate of drug-likeness (QED) is 0.673. The Morgan fingerprint density at radius 2 is 1.96 bits per heavy atom. The zero-order chi connectivity index (χ0) is 15.8. The number of fused-ring (bicyclic) bond motifs is 2. The van der Waals surface area contributed by atoms with Gasteiger partial charge in [-0.2, -0.15) is 0 Å². The zero-order valence-electron chi connectivity index (χ0n) is 13.8. The number of hydrogen-bond acceptors (Lipinski definition) is 2. The Kier molecular flexibility index (Phi) is 3.59. The molecule has 1 aromatic rings. The fraction of sp³-hybridized carbons (Fsp3) is 0.333. The monoisotopic (exact) mass is 302 g/mol. The van der Waals surface area contributed by atoms with E-state index in [1.54, 1.807) is 5.57 Å². The summed E-state index contributed by atoms with van der Waals surface area (Å²) in [6.45, 7) is 4.43. The minimum absolute atomic E-state index is 0.530. The predicted octanol–water partition coefficient (Wildman–Crippen LogP) is 3.75. The van der Waals surface area contributed by atoms with Crippen LogP contribution in [0.1, 0.15) is 25.3 Å². The highest BCUT2D eigenvalue weighted by Gasteiger charge is 2.38. The van der Waals surface area contributed by atoms with Crippen molar-refractivity contribution in [2.45, 2.75) is 19.8 Å². The van der Waals surface area contributed by atoms with E-state index >= 15 is 0 Å². The number of nitrogens with zero attached hydrogens (tertiary/aromatic N) is 2. The average Bonchev–Trinajstić information content (AvgIpc) is 2.86. The maximum atomic E-state index is 3.44. The van der Waals surface area contributed by atoms with E-state index in [9.17, 15) is 0 Å². The Morgan fingerprint density at radius 1 is 1.13 bits per heavy atom. The minimum atomic E-state index is 0.530. The summed E-state index contributed by atoms with van der Waals surface area (Å²) in [5, 5.41) is 0. The molecule has 1 aliphatic carbocycles. The van der Waals surface area contributed by atoms with Gasteiger partial charge < -0.3 is 4.90 Å². The molecule has 23 heavy (non-hydrogen) atoms. The van der Waals surface area contributed by atoms with Crippen molar-refractivity contribution in [3.8, 4) is 12.0 Å². The molecule has 0 bridgehead atoms. The molecule has 116 valence electrons. The van der Waals surface area contributed by atoms with Crippen molar-refractivity contribution < 1.29 is 0 Å². The zero-order valence-corrected chi connectivity index (χ0v) is 13.8. The van der Waals surface area contributed by atoms with Crippen LogP contribution in [0.4, 0.5) is 0 Å². The van der Waals surface area contributed by atoms with Crippen LogP contribution >= 0.6 is 0 Å². The molecule has 4 rings (SSSR count). The minimum Gasteiger partial charge on any atom is -0.302 e. The van der Waals surface area contributed by atoms with E-state index in [4.69, 9.17) is 0 Å².